The van der Waals surface area contributed by atoms with E-state index in [0.717, 1.165) is 20.6 Å². The van der Waals surface area contributed by atoms with Gasteiger partial charge in [-0.15, -0.1) is 10.2 Å². The van der Waals surface area contributed by atoms with Crippen LogP contribution in [0.4, 0.5) is 5.69 Å². The maximum Gasteiger partial charge on any atom is 0.247 e. The van der Waals surface area contributed by atoms with Gasteiger partial charge in [0.1, 0.15) is 5.75 Å². The monoisotopic (exact) mass is 478 g/mol. The van der Waals surface area contributed by atoms with E-state index in [0.29, 0.717) is 22.3 Å². The lowest BCUT2D eigenvalue weighted by Crippen LogP contribution is -2.17. The fourth-order valence-electron chi connectivity index (χ4n) is 2.71. The average molecular weight is 478 g/mol. The van der Waals surface area contributed by atoms with E-state index in [-0.39, 0.29) is 5.75 Å². The maximum atomic E-state index is 10.3. The standard InChI is InChI=1S/C18H15IN4O2S/c1-2-26-18-21-17-15(22-23-18)11-5-3-4-6-13(11)20-16(25-17)12-9-10(19)7-8-14(12)24/h3-9,16,20,24H,2H2,1H3/t16-/m0/s1. The summed E-state index contributed by atoms with van der Waals surface area (Å²) in [6.45, 7) is 2.03. The average Bonchev–Trinajstić information content (AvgIpc) is 2.80. The van der Waals surface area contributed by atoms with Crippen LogP contribution in [0.5, 0.6) is 11.6 Å². The second kappa shape index (κ2) is 7.28. The largest absolute Gasteiger partial charge is 0.507 e. The summed E-state index contributed by atoms with van der Waals surface area (Å²) in [5.74, 6) is 1.40. The Morgan fingerprint density at radius 3 is 2.92 bits per heavy atom. The first-order valence-electron chi connectivity index (χ1n) is 8.04. The Morgan fingerprint density at radius 2 is 2.08 bits per heavy atom. The molecule has 0 fully saturated rings. The highest BCUT2D eigenvalue weighted by Crippen LogP contribution is 2.41. The van der Waals surface area contributed by atoms with Crippen LogP contribution in [0, 0.1) is 3.57 Å². The van der Waals surface area contributed by atoms with E-state index in [2.05, 4.69) is 43.1 Å². The minimum Gasteiger partial charge on any atom is -0.507 e. The number of nitrogens with zero attached hydrogens (tertiary/aromatic N) is 3. The Balaban J connectivity index is 1.86. The third kappa shape index (κ3) is 3.30. The number of thioether (sulfide) groups is 1. The summed E-state index contributed by atoms with van der Waals surface area (Å²) in [7, 11) is 0. The van der Waals surface area contributed by atoms with Gasteiger partial charge in [0, 0.05) is 14.8 Å². The quantitative estimate of drug-likeness (QED) is 0.425. The topological polar surface area (TPSA) is 80.2 Å². The number of hydrogen-bond donors (Lipinski definition) is 2. The van der Waals surface area contributed by atoms with Crippen molar-refractivity contribution in [1.82, 2.24) is 15.2 Å². The zero-order valence-corrected chi connectivity index (χ0v) is 16.8. The van der Waals surface area contributed by atoms with Gasteiger partial charge in [-0.25, -0.2) is 0 Å². The van der Waals surface area contributed by atoms with Crippen LogP contribution < -0.4 is 10.1 Å². The number of hydrogen-bond acceptors (Lipinski definition) is 7. The number of phenolic OH excluding ortho intramolecular Hbond substituents is 1. The highest BCUT2D eigenvalue weighted by Gasteiger charge is 2.27. The van der Waals surface area contributed by atoms with Crippen LogP contribution in [0.3, 0.4) is 0 Å². The van der Waals surface area contributed by atoms with E-state index in [1.807, 2.05) is 43.3 Å². The summed E-state index contributed by atoms with van der Waals surface area (Å²) in [4.78, 5) is 4.53. The van der Waals surface area contributed by atoms with Gasteiger partial charge in [0.15, 0.2) is 5.69 Å². The summed E-state index contributed by atoms with van der Waals surface area (Å²) in [6.07, 6.45) is -0.594. The Kier molecular flexibility index (Phi) is 4.86. The molecule has 4 rings (SSSR count). The number of nitrogens with one attached hydrogen (secondary N) is 1. The van der Waals surface area contributed by atoms with Gasteiger partial charge in [0.25, 0.3) is 0 Å². The molecule has 0 spiro atoms. The number of para-hydroxylation sites is 1. The Labute approximate surface area is 168 Å². The zero-order valence-electron chi connectivity index (χ0n) is 13.8. The Hall–Kier alpha value is -2.07. The third-order valence-electron chi connectivity index (χ3n) is 3.88. The van der Waals surface area contributed by atoms with Crippen molar-refractivity contribution >= 4 is 40.0 Å². The SMILES string of the molecule is CCSc1nnc2c(n1)O[C@@H](c1cc(I)ccc1O)Nc1ccccc1-2. The number of rotatable bonds is 3. The van der Waals surface area contributed by atoms with Crippen molar-refractivity contribution < 1.29 is 9.84 Å². The zero-order chi connectivity index (χ0) is 18.1. The molecule has 8 heteroatoms. The van der Waals surface area contributed by atoms with Crippen molar-refractivity contribution in [3.8, 4) is 22.9 Å². The third-order valence-corrected chi connectivity index (χ3v) is 5.27. The molecule has 1 atom stereocenters. The molecule has 3 aromatic rings. The minimum atomic E-state index is -0.594. The first kappa shape index (κ1) is 17.3. The summed E-state index contributed by atoms with van der Waals surface area (Å²) in [5.41, 5.74) is 2.94. The van der Waals surface area contributed by atoms with Gasteiger partial charge >= 0.3 is 0 Å². The summed E-state index contributed by atoms with van der Waals surface area (Å²) in [6, 6.07) is 13.2. The van der Waals surface area contributed by atoms with Crippen LogP contribution in [0.25, 0.3) is 11.3 Å². The normalized spacial score (nSPS) is 15.2. The van der Waals surface area contributed by atoms with Crippen molar-refractivity contribution in [2.24, 2.45) is 0 Å². The molecule has 0 radical (unpaired) electrons. The number of fused-ring (bicyclic) bond motifs is 3. The second-order valence-electron chi connectivity index (χ2n) is 5.57. The van der Waals surface area contributed by atoms with Crippen LogP contribution in [-0.2, 0) is 0 Å². The summed E-state index contributed by atoms with van der Waals surface area (Å²) in [5, 5.41) is 22.8. The molecule has 2 aromatic carbocycles. The van der Waals surface area contributed by atoms with Crippen LogP contribution in [0.1, 0.15) is 18.7 Å². The van der Waals surface area contributed by atoms with Crippen LogP contribution in [0.2, 0.25) is 0 Å². The van der Waals surface area contributed by atoms with Crippen molar-refractivity contribution in [3.05, 3.63) is 51.6 Å². The molecule has 0 saturated heterocycles. The molecule has 1 aliphatic rings. The molecule has 26 heavy (non-hydrogen) atoms. The van der Waals surface area contributed by atoms with Gasteiger partial charge in [-0.05, 0) is 52.6 Å². The van der Waals surface area contributed by atoms with Crippen molar-refractivity contribution in [3.63, 3.8) is 0 Å². The minimum absolute atomic E-state index is 0.161. The number of aromatic hydroxyl groups is 1. The predicted octanol–water partition coefficient (Wildman–Crippen LogP) is 4.46. The highest BCUT2D eigenvalue weighted by molar-refractivity contribution is 14.1. The Bertz CT molecular complexity index is 970. The molecular weight excluding hydrogens is 463 g/mol. The van der Waals surface area contributed by atoms with E-state index in [1.54, 1.807) is 6.07 Å². The number of benzene rings is 2. The van der Waals surface area contributed by atoms with Gasteiger partial charge in [-0.2, -0.15) is 4.98 Å². The van der Waals surface area contributed by atoms with Gasteiger partial charge in [0.2, 0.25) is 17.3 Å². The molecule has 0 amide bonds. The van der Waals surface area contributed by atoms with E-state index >= 15 is 0 Å². The Morgan fingerprint density at radius 1 is 1.23 bits per heavy atom. The lowest BCUT2D eigenvalue weighted by atomic mass is 10.1. The molecular formula is C18H15IN4O2S. The van der Waals surface area contributed by atoms with Crippen molar-refractivity contribution in [2.75, 3.05) is 11.1 Å². The van der Waals surface area contributed by atoms with Crippen LogP contribution in [-0.4, -0.2) is 26.0 Å². The fourth-order valence-corrected chi connectivity index (χ4v) is 3.73. The predicted molar refractivity (Wildman–Crippen MR) is 109 cm³/mol. The molecule has 2 N–H and O–H groups in total. The van der Waals surface area contributed by atoms with Crippen LogP contribution in [0.15, 0.2) is 47.6 Å². The van der Waals surface area contributed by atoms with E-state index in [9.17, 15) is 5.11 Å². The van der Waals surface area contributed by atoms with E-state index in [1.165, 1.54) is 11.8 Å². The number of aromatic nitrogens is 3. The van der Waals surface area contributed by atoms with E-state index in [4.69, 9.17) is 4.74 Å². The molecule has 6 nitrogen and oxygen atoms in total. The first-order valence-corrected chi connectivity index (χ1v) is 10.1. The van der Waals surface area contributed by atoms with Gasteiger partial charge in [0.05, 0.1) is 5.56 Å². The molecule has 1 aliphatic heterocycles. The van der Waals surface area contributed by atoms with Crippen molar-refractivity contribution in [1.29, 1.82) is 0 Å². The molecule has 0 aliphatic carbocycles. The lowest BCUT2D eigenvalue weighted by Gasteiger charge is -2.20. The summed E-state index contributed by atoms with van der Waals surface area (Å²) < 4.78 is 7.15. The smallest absolute Gasteiger partial charge is 0.247 e. The van der Waals surface area contributed by atoms with Crippen LogP contribution >= 0.6 is 34.4 Å². The number of ether oxygens (including phenoxy) is 1. The molecule has 0 bridgehead atoms. The molecule has 132 valence electrons. The molecule has 1 aromatic heterocycles. The maximum absolute atomic E-state index is 10.3. The van der Waals surface area contributed by atoms with Gasteiger partial charge in [-0.3, -0.25) is 0 Å². The number of anilines is 1. The van der Waals surface area contributed by atoms with Gasteiger partial charge < -0.3 is 15.2 Å². The lowest BCUT2D eigenvalue weighted by molar-refractivity contribution is 0.220. The molecule has 2 heterocycles. The van der Waals surface area contributed by atoms with Gasteiger partial charge in [-0.1, -0.05) is 36.9 Å². The second-order valence-corrected chi connectivity index (χ2v) is 8.05. The fraction of sp³-hybridized carbons (Fsp3) is 0.167. The number of phenols is 1. The molecule has 0 unspecified atom stereocenters. The highest BCUT2D eigenvalue weighted by atomic mass is 127. The van der Waals surface area contributed by atoms with E-state index < -0.39 is 6.23 Å². The molecule has 0 saturated carbocycles. The van der Waals surface area contributed by atoms with Crippen molar-refractivity contribution in [2.45, 2.75) is 18.3 Å². The number of halogens is 1. The first-order chi connectivity index (χ1) is 12.7. The summed E-state index contributed by atoms with van der Waals surface area (Å²) >= 11 is 3.71.